The van der Waals surface area contributed by atoms with Crippen molar-refractivity contribution in [3.63, 3.8) is 0 Å². The Labute approximate surface area is 139 Å². The van der Waals surface area contributed by atoms with Gasteiger partial charge < -0.3 is 19.5 Å². The van der Waals surface area contributed by atoms with Gasteiger partial charge in [0.1, 0.15) is 5.82 Å². The third kappa shape index (κ3) is 3.14. The van der Waals surface area contributed by atoms with Crippen LogP contribution < -0.4 is 0 Å². The van der Waals surface area contributed by atoms with E-state index in [1.54, 1.807) is 12.1 Å². The van der Waals surface area contributed by atoms with Gasteiger partial charge in [-0.05, 0) is 30.5 Å². The molecule has 0 radical (unpaired) electrons. The fourth-order valence-corrected chi connectivity index (χ4v) is 3.42. The molecule has 0 spiro atoms. The predicted molar refractivity (Wildman–Crippen MR) is 82.1 cm³/mol. The van der Waals surface area contributed by atoms with Crippen LogP contribution in [0.4, 0.5) is 4.39 Å². The summed E-state index contributed by atoms with van der Waals surface area (Å²) in [5, 5.41) is 9.13. The van der Waals surface area contributed by atoms with E-state index in [4.69, 9.17) is 14.6 Å². The van der Waals surface area contributed by atoms with Gasteiger partial charge >= 0.3 is 5.97 Å². The zero-order valence-corrected chi connectivity index (χ0v) is 13.2. The van der Waals surface area contributed by atoms with Gasteiger partial charge in [-0.15, -0.1) is 0 Å². The Morgan fingerprint density at radius 3 is 2.67 bits per heavy atom. The van der Waals surface area contributed by atoms with Gasteiger partial charge in [0, 0.05) is 19.8 Å². The van der Waals surface area contributed by atoms with Crippen molar-refractivity contribution in [1.82, 2.24) is 4.90 Å². The summed E-state index contributed by atoms with van der Waals surface area (Å²) >= 11 is 0. The van der Waals surface area contributed by atoms with Crippen LogP contribution >= 0.6 is 0 Å². The van der Waals surface area contributed by atoms with Gasteiger partial charge in [-0.25, -0.2) is 9.18 Å². The number of halogens is 1. The van der Waals surface area contributed by atoms with Crippen LogP contribution in [0.15, 0.2) is 24.3 Å². The second kappa shape index (κ2) is 6.86. The number of benzene rings is 1. The van der Waals surface area contributed by atoms with Gasteiger partial charge in [-0.2, -0.15) is 0 Å². The normalized spacial score (nSPS) is 23.7. The largest absolute Gasteiger partial charge is 0.479 e. The van der Waals surface area contributed by atoms with Gasteiger partial charge in [0.15, 0.2) is 6.10 Å². The maximum Gasteiger partial charge on any atom is 0.334 e. The van der Waals surface area contributed by atoms with E-state index in [0.29, 0.717) is 38.2 Å². The first-order chi connectivity index (χ1) is 11.5. The Bertz CT molecular complexity index is 629. The number of ether oxygens (including phenoxy) is 2. The van der Waals surface area contributed by atoms with Crippen molar-refractivity contribution in [2.24, 2.45) is 0 Å². The number of aliphatic carboxylic acids is 1. The number of carboxylic acid groups (broad SMARTS) is 1. The smallest absolute Gasteiger partial charge is 0.334 e. The molecule has 0 saturated carbocycles. The molecule has 0 unspecified atom stereocenters. The molecular weight excluding hydrogens is 317 g/mol. The number of amides is 1. The Morgan fingerprint density at radius 1 is 1.25 bits per heavy atom. The lowest BCUT2D eigenvalue weighted by molar-refractivity contribution is -0.162. The average molecular weight is 337 g/mol. The van der Waals surface area contributed by atoms with Crippen LogP contribution in [0.2, 0.25) is 0 Å². The summed E-state index contributed by atoms with van der Waals surface area (Å²) < 4.78 is 24.3. The van der Waals surface area contributed by atoms with E-state index in [2.05, 4.69) is 0 Å². The number of carbonyl (C=O) groups is 2. The highest BCUT2D eigenvalue weighted by molar-refractivity contribution is 5.89. The second-order valence-electron chi connectivity index (χ2n) is 6.15. The van der Waals surface area contributed by atoms with Gasteiger partial charge in [0.2, 0.25) is 5.91 Å². The first kappa shape index (κ1) is 16.9. The van der Waals surface area contributed by atoms with Gasteiger partial charge in [-0.3, -0.25) is 4.79 Å². The molecule has 1 aromatic rings. The summed E-state index contributed by atoms with van der Waals surface area (Å²) in [5.41, 5.74) is -0.255. The molecule has 0 bridgehead atoms. The van der Waals surface area contributed by atoms with Crippen LogP contribution in [0.5, 0.6) is 0 Å². The van der Waals surface area contributed by atoms with E-state index >= 15 is 0 Å². The first-order valence-electron chi connectivity index (χ1n) is 8.00. The topological polar surface area (TPSA) is 76.1 Å². The Balaban J connectivity index is 1.91. The quantitative estimate of drug-likeness (QED) is 0.896. The summed E-state index contributed by atoms with van der Waals surface area (Å²) in [6.07, 6.45) is -0.124. The molecule has 0 aromatic heterocycles. The summed E-state index contributed by atoms with van der Waals surface area (Å²) in [5.74, 6) is -1.65. The fourth-order valence-electron chi connectivity index (χ4n) is 3.42. The predicted octanol–water partition coefficient (Wildman–Crippen LogP) is 1.19. The van der Waals surface area contributed by atoms with Crippen molar-refractivity contribution in [3.05, 3.63) is 35.6 Å². The fraction of sp³-hybridized carbons (Fsp3) is 0.529. The molecule has 2 heterocycles. The molecule has 0 aliphatic carbocycles. The molecule has 1 aromatic carbocycles. The summed E-state index contributed by atoms with van der Waals surface area (Å²) in [6, 6.07) is 6.07. The number of hydrogen-bond acceptors (Lipinski definition) is 4. The molecule has 1 amide bonds. The highest BCUT2D eigenvalue weighted by Crippen LogP contribution is 2.37. The summed E-state index contributed by atoms with van der Waals surface area (Å²) in [4.78, 5) is 25.9. The average Bonchev–Trinajstić information content (AvgIpc) is 2.61. The summed E-state index contributed by atoms with van der Waals surface area (Å²) in [6.45, 7) is 1.34. The van der Waals surface area contributed by atoms with E-state index in [1.165, 1.54) is 17.0 Å². The first-order valence-corrected chi connectivity index (χ1v) is 8.00. The van der Waals surface area contributed by atoms with Crippen molar-refractivity contribution >= 4 is 11.9 Å². The van der Waals surface area contributed by atoms with Crippen LogP contribution in [0.25, 0.3) is 0 Å². The molecule has 7 heteroatoms. The van der Waals surface area contributed by atoms with E-state index in [1.807, 2.05) is 0 Å². The SMILES string of the molecule is O=C(O)[C@H]1CN(C(=O)C2(c3cccc(F)c3)CCOCC2)CCO1. The lowest BCUT2D eigenvalue weighted by atomic mass is 9.73. The highest BCUT2D eigenvalue weighted by atomic mass is 19.1. The summed E-state index contributed by atoms with van der Waals surface area (Å²) in [7, 11) is 0. The van der Waals surface area contributed by atoms with Crippen LogP contribution in [0.1, 0.15) is 18.4 Å². The minimum Gasteiger partial charge on any atom is -0.479 e. The minimum absolute atomic E-state index is 0.00604. The van der Waals surface area contributed by atoms with Crippen molar-refractivity contribution in [2.45, 2.75) is 24.4 Å². The molecule has 130 valence electrons. The molecule has 2 aliphatic rings. The molecule has 24 heavy (non-hydrogen) atoms. The van der Waals surface area contributed by atoms with Gasteiger partial charge in [0.25, 0.3) is 0 Å². The van der Waals surface area contributed by atoms with Crippen LogP contribution in [-0.2, 0) is 24.5 Å². The lowest BCUT2D eigenvalue weighted by Crippen LogP contribution is -2.56. The number of morpholine rings is 1. The number of nitrogens with zero attached hydrogens (tertiary/aromatic N) is 1. The monoisotopic (exact) mass is 337 g/mol. The third-order valence-corrected chi connectivity index (χ3v) is 4.76. The number of carbonyl (C=O) groups excluding carboxylic acids is 1. The lowest BCUT2D eigenvalue weighted by Gasteiger charge is -2.42. The molecule has 6 nitrogen and oxygen atoms in total. The minimum atomic E-state index is -1.08. The van der Waals surface area contributed by atoms with E-state index in [9.17, 15) is 14.0 Å². The highest BCUT2D eigenvalue weighted by Gasteiger charge is 2.45. The molecule has 1 N–H and O–H groups in total. The van der Waals surface area contributed by atoms with E-state index in [0.717, 1.165) is 0 Å². The zero-order chi connectivity index (χ0) is 17.2. The van der Waals surface area contributed by atoms with Crippen LogP contribution in [0.3, 0.4) is 0 Å². The maximum absolute atomic E-state index is 13.7. The van der Waals surface area contributed by atoms with Gasteiger partial charge in [0.05, 0.1) is 18.6 Å². The van der Waals surface area contributed by atoms with Crippen LogP contribution in [0, 0.1) is 5.82 Å². The van der Waals surface area contributed by atoms with Gasteiger partial charge in [-0.1, -0.05) is 12.1 Å². The van der Waals surface area contributed by atoms with Crippen molar-refractivity contribution < 1.29 is 28.6 Å². The molecule has 2 saturated heterocycles. The Morgan fingerprint density at radius 2 is 2.00 bits per heavy atom. The second-order valence-corrected chi connectivity index (χ2v) is 6.15. The molecule has 2 fully saturated rings. The van der Waals surface area contributed by atoms with Crippen LogP contribution in [-0.4, -0.2) is 60.9 Å². The zero-order valence-electron chi connectivity index (χ0n) is 13.2. The number of rotatable bonds is 3. The standard InChI is InChI=1S/C17H20FNO5/c18-13-3-1-2-12(10-13)17(4-7-23-8-5-17)16(22)19-6-9-24-14(11-19)15(20)21/h1-3,10,14H,4-9,11H2,(H,20,21)/t14-/m1/s1. The van der Waals surface area contributed by atoms with E-state index in [-0.39, 0.29) is 19.1 Å². The van der Waals surface area contributed by atoms with Crippen molar-refractivity contribution in [1.29, 1.82) is 0 Å². The maximum atomic E-state index is 13.7. The Kier molecular flexibility index (Phi) is 4.82. The molecule has 1 atom stereocenters. The van der Waals surface area contributed by atoms with E-state index < -0.39 is 23.3 Å². The number of carboxylic acids is 1. The third-order valence-electron chi connectivity index (χ3n) is 4.76. The molecule has 3 rings (SSSR count). The molecule has 2 aliphatic heterocycles. The van der Waals surface area contributed by atoms with Crippen molar-refractivity contribution in [2.75, 3.05) is 32.9 Å². The number of hydrogen-bond donors (Lipinski definition) is 1. The van der Waals surface area contributed by atoms with Crippen molar-refractivity contribution in [3.8, 4) is 0 Å². The Hall–Kier alpha value is -1.99. The molecular formula is C17H20FNO5.